The van der Waals surface area contributed by atoms with Crippen LogP contribution in [0.3, 0.4) is 0 Å². The highest BCUT2D eigenvalue weighted by Crippen LogP contribution is 2.49. The maximum Gasteiger partial charge on any atom is 0.432 e. The lowest BCUT2D eigenvalue weighted by Gasteiger charge is -2.16. The first-order valence-electron chi connectivity index (χ1n) is 5.13. The van der Waals surface area contributed by atoms with Crippen LogP contribution in [0.5, 0.6) is 0 Å². The molecule has 1 N–H and O–H groups in total. The largest absolute Gasteiger partial charge is 0.432 e. The van der Waals surface area contributed by atoms with Gasteiger partial charge >= 0.3 is 7.75 Å². The van der Waals surface area contributed by atoms with Gasteiger partial charge in [0.2, 0.25) is 0 Å². The van der Waals surface area contributed by atoms with Gasteiger partial charge in [0.25, 0.3) is 5.69 Å². The van der Waals surface area contributed by atoms with Gasteiger partial charge in [0.1, 0.15) is 0 Å². The molecule has 20 heavy (non-hydrogen) atoms. The molecule has 2 rings (SSSR count). The number of nitrogens with one attached hydrogen (secondary N) is 1. The van der Waals surface area contributed by atoms with Crippen LogP contribution in [0.1, 0.15) is 0 Å². The van der Waals surface area contributed by atoms with E-state index in [1.54, 1.807) is 0 Å². The van der Waals surface area contributed by atoms with E-state index in [0.29, 0.717) is 10.1 Å². The van der Waals surface area contributed by atoms with Crippen LogP contribution in [0.2, 0.25) is 5.15 Å². The predicted molar refractivity (Wildman–Crippen MR) is 76.5 cm³/mol. The van der Waals surface area contributed by atoms with Gasteiger partial charge in [-0.3, -0.25) is 24.2 Å². The quantitative estimate of drug-likeness (QED) is 0.504. The monoisotopic (exact) mass is 337 g/mol. The molecule has 0 atom stereocenters. The summed E-state index contributed by atoms with van der Waals surface area (Å²) in [7, 11) is -1.22. The molecule has 0 aliphatic heterocycles. The molecule has 0 aliphatic rings. The van der Waals surface area contributed by atoms with Gasteiger partial charge in [-0.25, -0.2) is 4.57 Å². The van der Waals surface area contributed by atoms with E-state index in [1.807, 2.05) is 0 Å². The van der Waals surface area contributed by atoms with Crippen molar-refractivity contribution in [3.63, 3.8) is 0 Å². The normalized spacial score (nSPS) is 11.8. The van der Waals surface area contributed by atoms with Crippen LogP contribution in [0.25, 0.3) is 10.1 Å². The zero-order chi connectivity index (χ0) is 14.9. The first kappa shape index (κ1) is 15.1. The van der Waals surface area contributed by atoms with E-state index in [2.05, 4.69) is 9.46 Å². The Bertz CT molecular complexity index is 713. The minimum atomic E-state index is -3.61. The Labute approximate surface area is 122 Å². The average Bonchev–Trinajstić information content (AvgIpc) is 2.80. The number of nitrogens with zero attached hydrogens (tertiary/aromatic N) is 2. The average molecular weight is 338 g/mol. The standard InChI is InChI=1S/C9H9ClN3O5PS/c1-17-19(16,18-2)11-6-3-5(13(14)15)4-7-8(6)9(10)12-20-7/h3-4H,1-2H3,(H,11,16). The van der Waals surface area contributed by atoms with Crippen LogP contribution in [0, 0.1) is 10.1 Å². The van der Waals surface area contributed by atoms with Crippen LogP contribution < -0.4 is 5.09 Å². The molecule has 0 spiro atoms. The summed E-state index contributed by atoms with van der Waals surface area (Å²) in [4.78, 5) is 10.3. The zero-order valence-corrected chi connectivity index (χ0v) is 12.8. The fourth-order valence-corrected chi connectivity index (χ4v) is 3.43. The van der Waals surface area contributed by atoms with Crippen molar-refractivity contribution in [3.05, 3.63) is 27.4 Å². The van der Waals surface area contributed by atoms with E-state index < -0.39 is 12.7 Å². The topological polar surface area (TPSA) is 104 Å². The Hall–Kier alpha value is -1.25. The molecule has 1 aromatic carbocycles. The van der Waals surface area contributed by atoms with Crippen LogP contribution in [0.15, 0.2) is 12.1 Å². The minimum absolute atomic E-state index is 0.154. The number of non-ortho nitro benzene ring substituents is 1. The van der Waals surface area contributed by atoms with E-state index in [4.69, 9.17) is 20.6 Å². The van der Waals surface area contributed by atoms with Crippen LogP contribution in [0.4, 0.5) is 11.4 Å². The van der Waals surface area contributed by atoms with Crippen LogP contribution in [-0.2, 0) is 13.6 Å². The number of hydrogen-bond donors (Lipinski definition) is 1. The SMILES string of the molecule is COP(=O)(Nc1cc([N+](=O)[O-])cc2snc(Cl)c12)OC. The number of aromatic nitrogens is 1. The zero-order valence-electron chi connectivity index (χ0n) is 10.3. The Morgan fingerprint density at radius 1 is 1.45 bits per heavy atom. The lowest BCUT2D eigenvalue weighted by atomic mass is 10.2. The molecule has 1 aromatic heterocycles. The number of halogens is 1. The third kappa shape index (κ3) is 2.77. The molecule has 0 saturated heterocycles. The second-order valence-corrected chi connectivity index (χ2v) is 6.68. The van der Waals surface area contributed by atoms with Gasteiger partial charge in [0, 0.05) is 26.4 Å². The molecule has 0 amide bonds. The lowest BCUT2D eigenvalue weighted by molar-refractivity contribution is -0.384. The highest BCUT2D eigenvalue weighted by Gasteiger charge is 2.25. The summed E-state index contributed by atoms with van der Waals surface area (Å²) >= 11 is 6.95. The molecule has 0 bridgehead atoms. The Kier molecular flexibility index (Phi) is 4.26. The Morgan fingerprint density at radius 2 is 2.10 bits per heavy atom. The number of nitro groups is 1. The summed E-state index contributed by atoms with van der Waals surface area (Å²) in [6, 6.07) is 2.54. The summed E-state index contributed by atoms with van der Waals surface area (Å²) < 4.78 is 26.0. The minimum Gasteiger partial charge on any atom is -0.296 e. The van der Waals surface area contributed by atoms with Crippen molar-refractivity contribution in [3.8, 4) is 0 Å². The van der Waals surface area contributed by atoms with E-state index in [9.17, 15) is 14.7 Å². The van der Waals surface area contributed by atoms with Crippen molar-refractivity contribution < 1.29 is 18.5 Å². The Balaban J connectivity index is 2.63. The smallest absolute Gasteiger partial charge is 0.296 e. The summed E-state index contributed by atoms with van der Waals surface area (Å²) in [5, 5.41) is 14.0. The molecule has 0 aliphatic carbocycles. The van der Waals surface area contributed by atoms with E-state index in [0.717, 1.165) is 11.5 Å². The molecule has 8 nitrogen and oxygen atoms in total. The lowest BCUT2D eigenvalue weighted by Crippen LogP contribution is -2.01. The fraction of sp³-hybridized carbons (Fsp3) is 0.222. The highest BCUT2D eigenvalue weighted by atomic mass is 35.5. The molecular formula is C9H9ClN3O5PS. The van der Waals surface area contributed by atoms with Gasteiger partial charge in [-0.1, -0.05) is 11.6 Å². The number of hydrogen-bond acceptors (Lipinski definition) is 7. The van der Waals surface area contributed by atoms with Crippen molar-refractivity contribution in [2.45, 2.75) is 0 Å². The summed E-state index contributed by atoms with van der Waals surface area (Å²) in [6.07, 6.45) is 0. The third-order valence-corrected chi connectivity index (χ3v) is 5.11. The van der Waals surface area contributed by atoms with Gasteiger partial charge in [0.05, 0.1) is 20.7 Å². The number of rotatable bonds is 5. The van der Waals surface area contributed by atoms with Gasteiger partial charge in [-0.05, 0) is 11.5 Å². The summed E-state index contributed by atoms with van der Waals surface area (Å²) in [6.45, 7) is 0. The molecule has 1 heterocycles. The van der Waals surface area contributed by atoms with Crippen molar-refractivity contribution in [2.75, 3.05) is 19.3 Å². The highest BCUT2D eigenvalue weighted by molar-refractivity contribution is 7.55. The predicted octanol–water partition coefficient (Wildman–Crippen LogP) is 3.67. The van der Waals surface area contributed by atoms with E-state index >= 15 is 0 Å². The first-order chi connectivity index (χ1) is 9.40. The molecule has 0 saturated carbocycles. The second-order valence-electron chi connectivity index (χ2n) is 3.57. The van der Waals surface area contributed by atoms with E-state index in [-0.39, 0.29) is 16.5 Å². The van der Waals surface area contributed by atoms with Crippen molar-refractivity contribution in [2.24, 2.45) is 0 Å². The van der Waals surface area contributed by atoms with Gasteiger partial charge in [0.15, 0.2) is 5.15 Å². The molecule has 0 radical (unpaired) electrons. The number of anilines is 1. The van der Waals surface area contributed by atoms with Crippen LogP contribution in [-0.4, -0.2) is 23.5 Å². The molecule has 0 fully saturated rings. The van der Waals surface area contributed by atoms with Crippen molar-refractivity contribution in [1.29, 1.82) is 0 Å². The van der Waals surface area contributed by atoms with Gasteiger partial charge < -0.3 is 0 Å². The van der Waals surface area contributed by atoms with Crippen molar-refractivity contribution >= 4 is 52.3 Å². The summed E-state index contributed by atoms with van der Waals surface area (Å²) in [5.74, 6) is 0. The van der Waals surface area contributed by atoms with Crippen LogP contribution >= 0.6 is 30.9 Å². The molecule has 2 aromatic rings. The second kappa shape index (κ2) is 5.63. The molecule has 11 heteroatoms. The van der Waals surface area contributed by atoms with E-state index in [1.165, 1.54) is 26.4 Å². The maximum absolute atomic E-state index is 12.1. The number of benzene rings is 1. The third-order valence-electron chi connectivity index (χ3n) is 2.47. The summed E-state index contributed by atoms with van der Waals surface area (Å²) in [5.41, 5.74) is -0.0148. The fourth-order valence-electron chi connectivity index (χ4n) is 1.53. The number of nitro benzene ring substituents is 1. The molecule has 0 unspecified atom stereocenters. The van der Waals surface area contributed by atoms with Crippen molar-refractivity contribution in [1.82, 2.24) is 4.37 Å². The number of fused-ring (bicyclic) bond motifs is 1. The first-order valence-corrected chi connectivity index (χ1v) is 7.82. The van der Waals surface area contributed by atoms with Gasteiger partial charge in [-0.15, -0.1) is 0 Å². The van der Waals surface area contributed by atoms with Gasteiger partial charge in [-0.2, -0.15) is 4.37 Å². The molecular weight excluding hydrogens is 329 g/mol. The Morgan fingerprint density at radius 3 is 2.65 bits per heavy atom. The maximum atomic E-state index is 12.1. The molecule has 108 valence electrons.